The van der Waals surface area contributed by atoms with Gasteiger partial charge in [0.15, 0.2) is 17.3 Å². The van der Waals surface area contributed by atoms with E-state index in [1.54, 1.807) is 29.5 Å². The maximum Gasteiger partial charge on any atom is 0.336 e. The van der Waals surface area contributed by atoms with Gasteiger partial charge in [-0.1, -0.05) is 26.0 Å². The van der Waals surface area contributed by atoms with Crippen LogP contribution in [0.2, 0.25) is 0 Å². The zero-order valence-corrected chi connectivity index (χ0v) is 20.8. The zero-order chi connectivity index (χ0) is 24.4. The number of nitrogens with one attached hydrogen (secondary N) is 1. The van der Waals surface area contributed by atoms with Gasteiger partial charge >= 0.3 is 5.97 Å². The minimum Gasteiger partial charge on any atom is -0.504 e. The number of phenolic OH excluding ortho intramolecular Hbond substituents is 1. The van der Waals surface area contributed by atoms with Gasteiger partial charge in [0.25, 0.3) is 0 Å². The van der Waals surface area contributed by atoms with E-state index in [0.717, 1.165) is 5.70 Å². The van der Waals surface area contributed by atoms with Crippen LogP contribution in [-0.2, 0) is 14.3 Å². The van der Waals surface area contributed by atoms with Gasteiger partial charge in [-0.15, -0.1) is 11.3 Å². The number of carbonyl (C=O) groups is 2. The number of carbonyl (C=O) groups excluding carboxylic acids is 2. The lowest BCUT2D eigenvalue weighted by Gasteiger charge is -2.36. The van der Waals surface area contributed by atoms with Crippen molar-refractivity contribution in [2.45, 2.75) is 52.4 Å². The summed E-state index contributed by atoms with van der Waals surface area (Å²) in [6, 6.07) is 9.10. The number of allylic oxidation sites excluding steroid dienone is 3. The summed E-state index contributed by atoms with van der Waals surface area (Å²) in [6.07, 6.45) is 1.08. The molecular weight excluding hydrogens is 450 g/mol. The van der Waals surface area contributed by atoms with Crippen molar-refractivity contribution in [1.82, 2.24) is 5.32 Å². The summed E-state index contributed by atoms with van der Waals surface area (Å²) < 4.78 is 11.2. The average molecular weight is 482 g/mol. The maximum absolute atomic E-state index is 13.6. The monoisotopic (exact) mass is 481 g/mol. The summed E-state index contributed by atoms with van der Waals surface area (Å²) in [4.78, 5) is 28.0. The molecule has 0 radical (unpaired) electrons. The van der Waals surface area contributed by atoms with Gasteiger partial charge in [0.2, 0.25) is 0 Å². The fourth-order valence-corrected chi connectivity index (χ4v) is 5.50. The number of aromatic hydroxyl groups is 1. The van der Waals surface area contributed by atoms with Crippen LogP contribution in [0.15, 0.2) is 58.3 Å². The van der Waals surface area contributed by atoms with E-state index in [1.807, 2.05) is 39.1 Å². The standard InChI is InChI=1S/C27H31NO5S/c1-5-32-22-13-17(8-9-20(22)29)25-24(27(31)33-14-15(2)3)16(4)28-19-11-18(12-21(30)26(19)25)23-7-6-10-34-23/h6-10,13,15,18,25,28-29H,5,11-12,14H2,1-4H3/t18-,25+/m0/s1. The number of benzene rings is 1. The van der Waals surface area contributed by atoms with Crippen molar-refractivity contribution in [1.29, 1.82) is 0 Å². The second-order valence-corrected chi connectivity index (χ2v) is 10.2. The number of hydrogen-bond acceptors (Lipinski definition) is 7. The number of phenols is 1. The average Bonchev–Trinajstić information content (AvgIpc) is 3.33. The number of esters is 1. The van der Waals surface area contributed by atoms with Gasteiger partial charge in [-0.3, -0.25) is 4.79 Å². The molecule has 0 unspecified atom stereocenters. The largest absolute Gasteiger partial charge is 0.504 e. The summed E-state index contributed by atoms with van der Waals surface area (Å²) in [5.74, 6) is -0.359. The highest BCUT2D eigenvalue weighted by Gasteiger charge is 2.41. The van der Waals surface area contributed by atoms with E-state index in [2.05, 4.69) is 11.4 Å². The molecule has 2 heterocycles. The van der Waals surface area contributed by atoms with Gasteiger partial charge < -0.3 is 19.9 Å². The van der Waals surface area contributed by atoms with Crippen LogP contribution in [0.4, 0.5) is 0 Å². The second kappa shape index (κ2) is 10.1. The first-order valence-electron chi connectivity index (χ1n) is 11.7. The Morgan fingerprint density at radius 3 is 2.74 bits per heavy atom. The Hall–Kier alpha value is -3.06. The number of dihydropyridines is 1. The van der Waals surface area contributed by atoms with Crippen molar-refractivity contribution < 1.29 is 24.2 Å². The molecule has 4 rings (SSSR count). The van der Waals surface area contributed by atoms with Crippen molar-refractivity contribution in [2.75, 3.05) is 13.2 Å². The van der Waals surface area contributed by atoms with Crippen molar-refractivity contribution in [3.63, 3.8) is 0 Å². The molecule has 0 amide bonds. The molecule has 34 heavy (non-hydrogen) atoms. The minimum absolute atomic E-state index is 0.0184. The molecule has 2 N–H and O–H groups in total. The van der Waals surface area contributed by atoms with E-state index in [-0.39, 0.29) is 23.4 Å². The molecule has 180 valence electrons. The van der Waals surface area contributed by atoms with E-state index in [0.29, 0.717) is 54.2 Å². The van der Waals surface area contributed by atoms with Crippen LogP contribution in [0.25, 0.3) is 0 Å². The van der Waals surface area contributed by atoms with Gasteiger partial charge in [-0.2, -0.15) is 0 Å². The molecular formula is C27H31NO5S. The third kappa shape index (κ3) is 4.75. The summed E-state index contributed by atoms with van der Waals surface area (Å²) >= 11 is 1.66. The van der Waals surface area contributed by atoms with Gasteiger partial charge in [0.1, 0.15) is 0 Å². The summed E-state index contributed by atoms with van der Waals surface area (Å²) in [7, 11) is 0. The molecule has 1 aliphatic carbocycles. The SMILES string of the molecule is CCOc1cc([C@@H]2C(C(=O)OCC(C)C)=C(C)NC3=C2C(=O)C[C@@H](c2cccs2)C3)ccc1O. The third-order valence-electron chi connectivity index (χ3n) is 6.16. The molecule has 1 aliphatic heterocycles. The first-order chi connectivity index (χ1) is 16.3. The molecule has 2 atom stereocenters. The topological polar surface area (TPSA) is 84.9 Å². The molecule has 0 bridgehead atoms. The van der Waals surface area contributed by atoms with E-state index < -0.39 is 11.9 Å². The normalized spacial score (nSPS) is 20.3. The van der Waals surface area contributed by atoms with Crippen LogP contribution in [0.5, 0.6) is 11.5 Å². The molecule has 0 fully saturated rings. The predicted molar refractivity (Wildman–Crippen MR) is 132 cm³/mol. The Kier molecular flexibility index (Phi) is 7.12. The Labute approximate surface area is 204 Å². The summed E-state index contributed by atoms with van der Waals surface area (Å²) in [6.45, 7) is 8.33. The maximum atomic E-state index is 13.6. The highest BCUT2D eigenvalue weighted by atomic mass is 32.1. The number of hydrogen-bond donors (Lipinski definition) is 2. The van der Waals surface area contributed by atoms with Crippen molar-refractivity contribution in [2.24, 2.45) is 5.92 Å². The number of Topliss-reactive ketones (excluding diaryl/α,β-unsaturated/α-hetero) is 1. The Bertz CT molecular complexity index is 1150. The lowest BCUT2D eigenvalue weighted by atomic mass is 9.72. The highest BCUT2D eigenvalue weighted by molar-refractivity contribution is 7.10. The fourth-order valence-electron chi connectivity index (χ4n) is 4.67. The summed E-state index contributed by atoms with van der Waals surface area (Å²) in [5.41, 5.74) is 3.28. The van der Waals surface area contributed by atoms with Gasteiger partial charge in [0.05, 0.1) is 18.8 Å². The third-order valence-corrected chi connectivity index (χ3v) is 7.19. The first kappa shape index (κ1) is 24.1. The van der Waals surface area contributed by atoms with E-state index >= 15 is 0 Å². The van der Waals surface area contributed by atoms with E-state index in [1.165, 1.54) is 4.88 Å². The molecule has 1 aromatic carbocycles. The Morgan fingerprint density at radius 1 is 1.26 bits per heavy atom. The molecule has 1 aromatic heterocycles. The lowest BCUT2D eigenvalue weighted by Crippen LogP contribution is -2.36. The summed E-state index contributed by atoms with van der Waals surface area (Å²) in [5, 5.41) is 15.6. The van der Waals surface area contributed by atoms with Crippen LogP contribution in [0, 0.1) is 5.92 Å². The van der Waals surface area contributed by atoms with Crippen molar-refractivity contribution in [3.05, 3.63) is 68.7 Å². The minimum atomic E-state index is -0.590. The lowest BCUT2D eigenvalue weighted by molar-refractivity contribution is -0.140. The smallest absolute Gasteiger partial charge is 0.336 e. The Morgan fingerprint density at radius 2 is 2.06 bits per heavy atom. The molecule has 2 aliphatic rings. The van der Waals surface area contributed by atoms with Gasteiger partial charge in [-0.25, -0.2) is 4.79 Å². The molecule has 2 aromatic rings. The Balaban J connectivity index is 1.80. The van der Waals surface area contributed by atoms with Crippen molar-refractivity contribution in [3.8, 4) is 11.5 Å². The zero-order valence-electron chi connectivity index (χ0n) is 20.0. The van der Waals surface area contributed by atoms with Gasteiger partial charge in [0, 0.05) is 40.1 Å². The second-order valence-electron chi connectivity index (χ2n) is 9.19. The highest BCUT2D eigenvalue weighted by Crippen LogP contribution is 2.47. The van der Waals surface area contributed by atoms with Crippen LogP contribution in [0.3, 0.4) is 0 Å². The van der Waals surface area contributed by atoms with E-state index in [4.69, 9.17) is 9.47 Å². The molecule has 6 nitrogen and oxygen atoms in total. The van der Waals surface area contributed by atoms with Crippen LogP contribution in [-0.4, -0.2) is 30.1 Å². The number of ether oxygens (including phenoxy) is 2. The fraction of sp³-hybridized carbons (Fsp3) is 0.407. The van der Waals surface area contributed by atoms with Crippen LogP contribution < -0.4 is 10.1 Å². The quantitative estimate of drug-likeness (QED) is 0.514. The van der Waals surface area contributed by atoms with Crippen LogP contribution in [0.1, 0.15) is 62.8 Å². The molecule has 7 heteroatoms. The number of rotatable bonds is 7. The number of ketones is 1. The van der Waals surface area contributed by atoms with Crippen LogP contribution >= 0.6 is 11.3 Å². The molecule has 0 saturated carbocycles. The van der Waals surface area contributed by atoms with E-state index in [9.17, 15) is 14.7 Å². The molecule has 0 spiro atoms. The first-order valence-corrected chi connectivity index (χ1v) is 12.6. The van der Waals surface area contributed by atoms with Crippen molar-refractivity contribution >= 4 is 23.1 Å². The predicted octanol–water partition coefficient (Wildman–Crippen LogP) is 5.41. The number of thiophene rings is 1. The molecule has 0 saturated heterocycles. The van der Waals surface area contributed by atoms with Gasteiger partial charge in [-0.05, 0) is 55.3 Å².